The first-order valence-corrected chi connectivity index (χ1v) is 11.9. The first-order valence-electron chi connectivity index (χ1n) is 11.9. The zero-order valence-electron chi connectivity index (χ0n) is 19.0. The molecule has 1 aliphatic carbocycles. The predicted octanol–water partition coefficient (Wildman–Crippen LogP) is 7.23. The molecule has 0 heterocycles. The van der Waals surface area contributed by atoms with E-state index in [1.54, 1.807) is 0 Å². The second-order valence-corrected chi connectivity index (χ2v) is 9.48. The molecular weight excluding hydrogens is 364 g/mol. The van der Waals surface area contributed by atoms with Crippen LogP contribution in [0, 0.1) is 16.7 Å². The third-order valence-corrected chi connectivity index (χ3v) is 7.07. The van der Waals surface area contributed by atoms with Gasteiger partial charge in [-0.15, -0.1) is 0 Å². The molecule has 0 radical (unpaired) electrons. The molecule has 4 heteroatoms. The van der Waals surface area contributed by atoms with Crippen LogP contribution in [0.3, 0.4) is 0 Å². The van der Waals surface area contributed by atoms with E-state index in [0.717, 1.165) is 25.2 Å². The maximum absolute atomic E-state index is 12.2. The summed E-state index contributed by atoms with van der Waals surface area (Å²) in [6.45, 7) is 6.38. The van der Waals surface area contributed by atoms with Gasteiger partial charge in [0.2, 0.25) is 0 Å². The Hall–Kier alpha value is -1.32. The van der Waals surface area contributed by atoms with Crippen molar-refractivity contribution < 1.29 is 19.8 Å². The van der Waals surface area contributed by atoms with E-state index in [2.05, 4.69) is 13.8 Å². The smallest absolute Gasteiger partial charge is 0.311 e. The number of carbonyl (C=O) groups is 2. The van der Waals surface area contributed by atoms with Crippen molar-refractivity contribution >= 4 is 11.9 Å². The molecule has 0 amide bonds. The first kappa shape index (κ1) is 25.7. The molecule has 0 spiro atoms. The Labute approximate surface area is 178 Å². The summed E-state index contributed by atoms with van der Waals surface area (Å²) >= 11 is 0. The fourth-order valence-corrected chi connectivity index (χ4v) is 5.02. The quantitative estimate of drug-likeness (QED) is 0.209. The lowest BCUT2D eigenvalue weighted by Crippen LogP contribution is -2.53. The van der Waals surface area contributed by atoms with Crippen LogP contribution in [-0.2, 0) is 9.59 Å². The Bertz CT molecular complexity index is 525. The van der Waals surface area contributed by atoms with Crippen LogP contribution in [-0.4, -0.2) is 22.2 Å². The summed E-state index contributed by atoms with van der Waals surface area (Å²) in [6, 6.07) is 0. The van der Waals surface area contributed by atoms with Crippen LogP contribution in [0.5, 0.6) is 0 Å². The first-order chi connectivity index (χ1) is 13.8. The van der Waals surface area contributed by atoms with E-state index in [0.29, 0.717) is 25.7 Å². The maximum atomic E-state index is 12.2. The molecule has 0 saturated carbocycles. The minimum atomic E-state index is -1.18. The molecule has 0 bridgehead atoms. The van der Waals surface area contributed by atoms with Crippen LogP contribution in [0.15, 0.2) is 12.2 Å². The zero-order chi connectivity index (χ0) is 21.8. The molecule has 0 saturated heterocycles. The number of allylic oxidation sites excluding steroid dienone is 2. The lowest BCUT2D eigenvalue weighted by Gasteiger charge is -2.46. The van der Waals surface area contributed by atoms with Crippen molar-refractivity contribution in [3.8, 4) is 0 Å². The third kappa shape index (κ3) is 7.15. The Balaban J connectivity index is 2.31. The molecule has 0 aromatic carbocycles. The third-order valence-electron chi connectivity index (χ3n) is 7.07. The Morgan fingerprint density at radius 3 is 1.59 bits per heavy atom. The molecule has 29 heavy (non-hydrogen) atoms. The fourth-order valence-electron chi connectivity index (χ4n) is 5.02. The van der Waals surface area contributed by atoms with Gasteiger partial charge in [0, 0.05) is 0 Å². The van der Waals surface area contributed by atoms with Gasteiger partial charge in [-0.05, 0) is 31.6 Å². The van der Waals surface area contributed by atoms with Crippen molar-refractivity contribution in [3.05, 3.63) is 12.2 Å². The van der Waals surface area contributed by atoms with Gasteiger partial charge >= 0.3 is 11.9 Å². The largest absolute Gasteiger partial charge is 0.481 e. The molecular formula is C25H44O4. The molecule has 0 fully saturated rings. The van der Waals surface area contributed by atoms with E-state index in [9.17, 15) is 19.8 Å². The van der Waals surface area contributed by atoms with Crippen molar-refractivity contribution in [1.29, 1.82) is 0 Å². The number of carboxylic acid groups (broad SMARTS) is 2. The van der Waals surface area contributed by atoms with Crippen molar-refractivity contribution in [3.63, 3.8) is 0 Å². The SMILES string of the molecule is CCC1(C(=O)O)CC=CCC1(CCCCCCCCCCCCC(C)C)C(=O)O. The highest BCUT2D eigenvalue weighted by molar-refractivity contribution is 5.87. The summed E-state index contributed by atoms with van der Waals surface area (Å²) in [5.74, 6) is -1.08. The summed E-state index contributed by atoms with van der Waals surface area (Å²) in [6.07, 6.45) is 18.6. The van der Waals surface area contributed by atoms with Gasteiger partial charge in [0.15, 0.2) is 0 Å². The number of hydrogen-bond donors (Lipinski definition) is 2. The van der Waals surface area contributed by atoms with Crippen LogP contribution >= 0.6 is 0 Å². The summed E-state index contributed by atoms with van der Waals surface area (Å²) in [5.41, 5.74) is -2.35. The number of hydrogen-bond acceptors (Lipinski definition) is 2. The molecule has 0 aromatic heterocycles. The number of unbranched alkanes of at least 4 members (excludes halogenated alkanes) is 9. The standard InChI is InChI=1S/C25H44O4/c1-4-24(22(26)27)18-15-16-20-25(24,23(28)29)19-14-12-10-8-6-5-7-9-11-13-17-21(2)3/h15-16,21H,4-14,17-20H2,1-3H3,(H,26,27)(H,28,29). The van der Waals surface area contributed by atoms with Gasteiger partial charge in [-0.25, -0.2) is 0 Å². The average Bonchev–Trinajstić information content (AvgIpc) is 2.68. The van der Waals surface area contributed by atoms with E-state index in [1.165, 1.54) is 51.4 Å². The van der Waals surface area contributed by atoms with Crippen LogP contribution < -0.4 is 0 Å². The van der Waals surface area contributed by atoms with Gasteiger partial charge in [-0.1, -0.05) is 104 Å². The molecule has 4 nitrogen and oxygen atoms in total. The molecule has 1 aliphatic rings. The van der Waals surface area contributed by atoms with Crippen LogP contribution in [0.25, 0.3) is 0 Å². The molecule has 2 unspecified atom stereocenters. The van der Waals surface area contributed by atoms with Gasteiger partial charge in [0.1, 0.15) is 0 Å². The van der Waals surface area contributed by atoms with Gasteiger partial charge in [0.25, 0.3) is 0 Å². The van der Waals surface area contributed by atoms with Crippen LogP contribution in [0.2, 0.25) is 0 Å². The van der Waals surface area contributed by atoms with Gasteiger partial charge in [-0.2, -0.15) is 0 Å². The summed E-state index contributed by atoms with van der Waals surface area (Å²) < 4.78 is 0. The minimum absolute atomic E-state index is 0.322. The Morgan fingerprint density at radius 2 is 1.17 bits per heavy atom. The van der Waals surface area contributed by atoms with Crippen molar-refractivity contribution in [1.82, 2.24) is 0 Å². The monoisotopic (exact) mass is 408 g/mol. The lowest BCUT2D eigenvalue weighted by molar-refractivity contribution is -0.176. The Kier molecular flexibility index (Phi) is 11.6. The fraction of sp³-hybridized carbons (Fsp3) is 0.840. The normalized spacial score (nSPS) is 24.1. The predicted molar refractivity (Wildman–Crippen MR) is 119 cm³/mol. The zero-order valence-corrected chi connectivity index (χ0v) is 19.0. The van der Waals surface area contributed by atoms with Gasteiger partial charge < -0.3 is 10.2 Å². The lowest BCUT2D eigenvalue weighted by atomic mass is 9.54. The molecule has 0 aromatic rings. The second kappa shape index (κ2) is 13.1. The van der Waals surface area contributed by atoms with E-state index < -0.39 is 22.8 Å². The molecule has 168 valence electrons. The van der Waals surface area contributed by atoms with E-state index >= 15 is 0 Å². The van der Waals surface area contributed by atoms with E-state index in [4.69, 9.17) is 0 Å². The van der Waals surface area contributed by atoms with Gasteiger partial charge in [-0.3, -0.25) is 9.59 Å². The van der Waals surface area contributed by atoms with Crippen molar-refractivity contribution in [2.75, 3.05) is 0 Å². The summed E-state index contributed by atoms with van der Waals surface area (Å²) in [4.78, 5) is 24.3. The number of carboxylic acids is 2. The van der Waals surface area contributed by atoms with Gasteiger partial charge in [0.05, 0.1) is 10.8 Å². The van der Waals surface area contributed by atoms with E-state index in [-0.39, 0.29) is 0 Å². The molecule has 1 rings (SSSR count). The summed E-state index contributed by atoms with van der Waals surface area (Å²) in [5, 5.41) is 19.9. The highest BCUT2D eigenvalue weighted by atomic mass is 16.4. The number of aliphatic carboxylic acids is 2. The van der Waals surface area contributed by atoms with Crippen LogP contribution in [0.4, 0.5) is 0 Å². The molecule has 2 N–H and O–H groups in total. The van der Waals surface area contributed by atoms with Crippen molar-refractivity contribution in [2.24, 2.45) is 16.7 Å². The molecule has 0 aliphatic heterocycles. The maximum Gasteiger partial charge on any atom is 0.311 e. The minimum Gasteiger partial charge on any atom is -0.481 e. The highest BCUT2D eigenvalue weighted by Crippen LogP contribution is 2.54. The molecule has 2 atom stereocenters. The number of rotatable bonds is 16. The average molecular weight is 409 g/mol. The van der Waals surface area contributed by atoms with Crippen molar-refractivity contribution in [2.45, 2.75) is 117 Å². The second-order valence-electron chi connectivity index (χ2n) is 9.48. The Morgan fingerprint density at radius 1 is 0.759 bits per heavy atom. The topological polar surface area (TPSA) is 74.6 Å². The van der Waals surface area contributed by atoms with Crippen LogP contribution in [0.1, 0.15) is 117 Å². The van der Waals surface area contributed by atoms with E-state index in [1.807, 2.05) is 19.1 Å². The highest BCUT2D eigenvalue weighted by Gasteiger charge is 2.59. The summed E-state index contributed by atoms with van der Waals surface area (Å²) in [7, 11) is 0.